The lowest BCUT2D eigenvalue weighted by Crippen LogP contribution is -2.37. The van der Waals surface area contributed by atoms with Crippen molar-refractivity contribution < 1.29 is 9.90 Å². The standard InChI is InChI=1S/C16H17NO2/c1-9-4-2-3-5-12(9)17-15(18)13-10-6-7-11(8-10)14(13)16(17)19/h2-7,10-11,13-15,18H,8H2,1H3/t10-,11-,13+,14+,15-/m0/s1. The number of fused-ring (bicyclic) bond motifs is 5. The summed E-state index contributed by atoms with van der Waals surface area (Å²) < 4.78 is 0. The van der Waals surface area contributed by atoms with Crippen molar-refractivity contribution in [2.24, 2.45) is 23.7 Å². The summed E-state index contributed by atoms with van der Waals surface area (Å²) >= 11 is 0. The zero-order chi connectivity index (χ0) is 13.1. The zero-order valence-electron chi connectivity index (χ0n) is 10.9. The molecule has 1 saturated carbocycles. The maximum atomic E-state index is 12.7. The molecule has 19 heavy (non-hydrogen) atoms. The number of carbonyl (C=O) groups is 1. The van der Waals surface area contributed by atoms with Crippen LogP contribution in [0.15, 0.2) is 36.4 Å². The average Bonchev–Trinajstić information content (AvgIpc) is 3.06. The molecule has 98 valence electrons. The van der Waals surface area contributed by atoms with Gasteiger partial charge in [0.15, 0.2) is 0 Å². The molecule has 1 saturated heterocycles. The van der Waals surface area contributed by atoms with Crippen LogP contribution in [0.1, 0.15) is 12.0 Å². The fourth-order valence-electron chi connectivity index (χ4n) is 4.17. The molecule has 1 amide bonds. The molecule has 3 heteroatoms. The van der Waals surface area contributed by atoms with E-state index in [0.29, 0.717) is 11.8 Å². The Balaban J connectivity index is 1.77. The van der Waals surface area contributed by atoms with E-state index in [-0.39, 0.29) is 17.7 Å². The highest BCUT2D eigenvalue weighted by Gasteiger charge is 2.59. The minimum Gasteiger partial charge on any atom is -0.373 e. The van der Waals surface area contributed by atoms with Crippen molar-refractivity contribution in [3.63, 3.8) is 0 Å². The zero-order valence-corrected chi connectivity index (χ0v) is 10.9. The maximum Gasteiger partial charge on any atom is 0.233 e. The average molecular weight is 255 g/mol. The topological polar surface area (TPSA) is 40.5 Å². The van der Waals surface area contributed by atoms with Crippen molar-refractivity contribution >= 4 is 11.6 Å². The molecule has 1 N–H and O–H groups in total. The molecule has 2 fully saturated rings. The summed E-state index contributed by atoms with van der Waals surface area (Å²) in [6.45, 7) is 1.98. The summed E-state index contributed by atoms with van der Waals surface area (Å²) in [4.78, 5) is 14.3. The van der Waals surface area contributed by atoms with Crippen LogP contribution in [0.4, 0.5) is 5.69 Å². The van der Waals surface area contributed by atoms with Gasteiger partial charge in [0.25, 0.3) is 0 Å². The summed E-state index contributed by atoms with van der Waals surface area (Å²) in [5.41, 5.74) is 1.89. The second kappa shape index (κ2) is 3.70. The van der Waals surface area contributed by atoms with Gasteiger partial charge in [0, 0.05) is 11.6 Å². The number of aryl methyl sites for hydroxylation is 1. The molecular weight excluding hydrogens is 238 g/mol. The smallest absolute Gasteiger partial charge is 0.233 e. The van der Waals surface area contributed by atoms with Crippen LogP contribution in [0.2, 0.25) is 0 Å². The lowest BCUT2D eigenvalue weighted by Gasteiger charge is -2.26. The third kappa shape index (κ3) is 1.34. The van der Waals surface area contributed by atoms with E-state index in [1.807, 2.05) is 31.2 Å². The number of anilines is 1. The summed E-state index contributed by atoms with van der Waals surface area (Å²) in [7, 11) is 0. The molecule has 0 spiro atoms. The van der Waals surface area contributed by atoms with Gasteiger partial charge in [0.2, 0.25) is 5.91 Å². The predicted octanol–water partition coefficient (Wildman–Crippen LogP) is 2.10. The lowest BCUT2D eigenvalue weighted by molar-refractivity contribution is -0.121. The molecular formula is C16H17NO2. The second-order valence-electron chi connectivity index (χ2n) is 5.96. The molecule has 0 unspecified atom stereocenters. The fourth-order valence-corrected chi connectivity index (χ4v) is 4.17. The van der Waals surface area contributed by atoms with Crippen LogP contribution in [-0.4, -0.2) is 17.2 Å². The van der Waals surface area contributed by atoms with Crippen molar-refractivity contribution in [2.45, 2.75) is 19.6 Å². The summed E-state index contributed by atoms with van der Waals surface area (Å²) in [5.74, 6) is 0.893. The molecule has 4 rings (SSSR count). The van der Waals surface area contributed by atoms with Gasteiger partial charge in [-0.25, -0.2) is 0 Å². The van der Waals surface area contributed by atoms with Crippen LogP contribution in [-0.2, 0) is 4.79 Å². The monoisotopic (exact) mass is 255 g/mol. The van der Waals surface area contributed by atoms with Crippen molar-refractivity contribution in [3.05, 3.63) is 42.0 Å². The van der Waals surface area contributed by atoms with Gasteiger partial charge in [-0.3, -0.25) is 9.69 Å². The largest absolute Gasteiger partial charge is 0.373 e. The Morgan fingerprint density at radius 2 is 1.95 bits per heavy atom. The fraction of sp³-hybridized carbons (Fsp3) is 0.438. The molecule has 2 bridgehead atoms. The van der Waals surface area contributed by atoms with E-state index < -0.39 is 6.23 Å². The van der Waals surface area contributed by atoms with Crippen molar-refractivity contribution in [1.29, 1.82) is 0 Å². The second-order valence-corrected chi connectivity index (χ2v) is 5.96. The van der Waals surface area contributed by atoms with E-state index in [1.165, 1.54) is 0 Å². The van der Waals surface area contributed by atoms with E-state index in [9.17, 15) is 9.90 Å². The van der Waals surface area contributed by atoms with E-state index in [0.717, 1.165) is 17.7 Å². The number of nitrogens with zero attached hydrogens (tertiary/aromatic N) is 1. The summed E-state index contributed by atoms with van der Waals surface area (Å²) in [5, 5.41) is 10.6. The first-order valence-electron chi connectivity index (χ1n) is 6.93. The highest BCUT2D eigenvalue weighted by Crippen LogP contribution is 2.54. The molecule has 1 aromatic rings. The highest BCUT2D eigenvalue weighted by molar-refractivity contribution is 5.99. The molecule has 0 radical (unpaired) electrons. The molecule has 1 aromatic carbocycles. The normalized spacial score (nSPS) is 39.2. The number of hydrogen-bond acceptors (Lipinski definition) is 2. The molecule has 1 aliphatic heterocycles. The molecule has 3 nitrogen and oxygen atoms in total. The van der Waals surface area contributed by atoms with Crippen molar-refractivity contribution in [1.82, 2.24) is 0 Å². The number of hydrogen-bond donors (Lipinski definition) is 1. The number of para-hydroxylation sites is 1. The SMILES string of the molecule is Cc1ccccc1N1C(=O)[C@H]2[C@@H]([C@H]3C=C[C@H]2C3)[C@@H]1O. The van der Waals surface area contributed by atoms with E-state index in [1.54, 1.807) is 4.90 Å². The third-order valence-corrected chi connectivity index (χ3v) is 5.03. The van der Waals surface area contributed by atoms with Crippen molar-refractivity contribution in [3.8, 4) is 0 Å². The Hall–Kier alpha value is -1.61. The van der Waals surface area contributed by atoms with Gasteiger partial charge in [-0.15, -0.1) is 0 Å². The Labute approximate surface area is 112 Å². The van der Waals surface area contributed by atoms with Crippen LogP contribution < -0.4 is 4.90 Å². The van der Waals surface area contributed by atoms with Gasteiger partial charge in [0.05, 0.1) is 5.92 Å². The van der Waals surface area contributed by atoms with Gasteiger partial charge in [-0.05, 0) is 36.8 Å². The van der Waals surface area contributed by atoms with Crippen LogP contribution in [0.3, 0.4) is 0 Å². The first-order chi connectivity index (χ1) is 9.18. The third-order valence-electron chi connectivity index (χ3n) is 5.03. The number of carbonyl (C=O) groups excluding carboxylic acids is 1. The number of allylic oxidation sites excluding steroid dienone is 2. The Morgan fingerprint density at radius 1 is 1.21 bits per heavy atom. The van der Waals surface area contributed by atoms with E-state index in [2.05, 4.69) is 12.2 Å². The summed E-state index contributed by atoms with van der Waals surface area (Å²) in [6.07, 6.45) is 4.72. The molecule has 3 aliphatic rings. The lowest BCUT2D eigenvalue weighted by atomic mass is 9.85. The molecule has 1 heterocycles. The predicted molar refractivity (Wildman–Crippen MR) is 72.4 cm³/mol. The van der Waals surface area contributed by atoms with E-state index >= 15 is 0 Å². The van der Waals surface area contributed by atoms with Gasteiger partial charge in [-0.2, -0.15) is 0 Å². The summed E-state index contributed by atoms with van der Waals surface area (Å²) in [6, 6.07) is 7.78. The van der Waals surface area contributed by atoms with E-state index in [4.69, 9.17) is 0 Å². The Bertz CT molecular complexity index is 580. The van der Waals surface area contributed by atoms with Gasteiger partial charge < -0.3 is 5.11 Å². The Kier molecular flexibility index (Phi) is 2.19. The minimum absolute atomic E-state index is 0.00962. The highest BCUT2D eigenvalue weighted by atomic mass is 16.3. The van der Waals surface area contributed by atoms with Gasteiger partial charge in [0.1, 0.15) is 6.23 Å². The number of aliphatic hydroxyl groups is 1. The van der Waals surface area contributed by atoms with Crippen LogP contribution in [0, 0.1) is 30.6 Å². The molecule has 0 aromatic heterocycles. The number of aliphatic hydroxyl groups excluding tert-OH is 1. The number of amides is 1. The maximum absolute atomic E-state index is 12.7. The van der Waals surface area contributed by atoms with Gasteiger partial charge >= 0.3 is 0 Å². The quantitative estimate of drug-likeness (QED) is 0.781. The molecule has 5 atom stereocenters. The first-order valence-corrected chi connectivity index (χ1v) is 6.93. The van der Waals surface area contributed by atoms with Crippen LogP contribution >= 0.6 is 0 Å². The number of benzene rings is 1. The first kappa shape index (κ1) is 11.2. The minimum atomic E-state index is -0.668. The van der Waals surface area contributed by atoms with Crippen molar-refractivity contribution in [2.75, 3.05) is 4.90 Å². The number of rotatable bonds is 1. The van der Waals surface area contributed by atoms with Crippen LogP contribution in [0.25, 0.3) is 0 Å². The Morgan fingerprint density at radius 3 is 2.68 bits per heavy atom. The van der Waals surface area contributed by atoms with Gasteiger partial charge in [-0.1, -0.05) is 30.4 Å². The van der Waals surface area contributed by atoms with Crippen LogP contribution in [0.5, 0.6) is 0 Å². The molecule has 2 aliphatic carbocycles.